The molecule has 0 aliphatic heterocycles. The van der Waals surface area contributed by atoms with Crippen LogP contribution in [-0.4, -0.2) is 32.4 Å². The molecular formula is C17H27N5O. The van der Waals surface area contributed by atoms with E-state index >= 15 is 0 Å². The fraction of sp³-hybridized carbons (Fsp3) is 0.353. The predicted molar refractivity (Wildman–Crippen MR) is 96.4 cm³/mol. The van der Waals surface area contributed by atoms with Crippen LogP contribution in [0.15, 0.2) is 30.9 Å². The van der Waals surface area contributed by atoms with Gasteiger partial charge < -0.3 is 15.3 Å². The fourth-order valence-electron chi connectivity index (χ4n) is 2.67. The number of hydrogen-bond donors (Lipinski definition) is 3. The summed E-state index contributed by atoms with van der Waals surface area (Å²) in [6.45, 7) is 4.99. The van der Waals surface area contributed by atoms with Crippen LogP contribution in [0.3, 0.4) is 0 Å². The number of carbonyl (C=O) groups is 1. The molecule has 0 bridgehead atoms. The van der Waals surface area contributed by atoms with E-state index in [9.17, 15) is 4.79 Å². The minimum atomic E-state index is -0.0810. The van der Waals surface area contributed by atoms with Crippen molar-refractivity contribution in [2.45, 2.75) is 26.7 Å². The SMILES string of the molecule is CCC(CC)CNC(=O)c1cc(-c2ncnc3[nH]ccc23)c[nH]1.[HH].[HH].[HH]. The summed E-state index contributed by atoms with van der Waals surface area (Å²) in [7, 11) is 0. The Morgan fingerprint density at radius 3 is 2.91 bits per heavy atom. The molecular weight excluding hydrogens is 290 g/mol. The van der Waals surface area contributed by atoms with Gasteiger partial charge in [0.1, 0.15) is 17.7 Å². The first-order valence-corrected chi connectivity index (χ1v) is 7.98. The van der Waals surface area contributed by atoms with Gasteiger partial charge in [0, 0.05) is 34.2 Å². The van der Waals surface area contributed by atoms with Gasteiger partial charge in [-0.2, -0.15) is 0 Å². The van der Waals surface area contributed by atoms with Gasteiger partial charge in [-0.1, -0.05) is 26.7 Å². The molecule has 0 aromatic carbocycles. The van der Waals surface area contributed by atoms with E-state index < -0.39 is 0 Å². The van der Waals surface area contributed by atoms with E-state index in [1.807, 2.05) is 18.3 Å². The van der Waals surface area contributed by atoms with Crippen LogP contribution < -0.4 is 5.32 Å². The molecule has 0 atom stereocenters. The molecule has 6 heteroatoms. The van der Waals surface area contributed by atoms with Crippen LogP contribution in [0.5, 0.6) is 0 Å². The Balaban J connectivity index is 0.00000208. The first-order chi connectivity index (χ1) is 11.2. The normalized spacial score (nSPS) is 11.3. The highest BCUT2D eigenvalue weighted by molar-refractivity contribution is 5.96. The summed E-state index contributed by atoms with van der Waals surface area (Å²) in [5, 5.41) is 3.93. The van der Waals surface area contributed by atoms with Crippen molar-refractivity contribution in [3.8, 4) is 11.3 Å². The van der Waals surface area contributed by atoms with E-state index in [1.54, 1.807) is 6.20 Å². The number of H-pyrrole nitrogens is 2. The third-order valence-electron chi connectivity index (χ3n) is 4.26. The molecule has 3 rings (SSSR count). The topological polar surface area (TPSA) is 86.5 Å². The van der Waals surface area contributed by atoms with Crippen molar-refractivity contribution < 1.29 is 9.07 Å². The highest BCUT2D eigenvalue weighted by atomic mass is 16.1. The number of amides is 1. The van der Waals surface area contributed by atoms with Crippen molar-refractivity contribution in [2.24, 2.45) is 5.92 Å². The molecule has 0 saturated carbocycles. The second kappa shape index (κ2) is 6.64. The Labute approximate surface area is 139 Å². The molecule has 1 amide bonds. The molecule has 0 unspecified atom stereocenters. The zero-order valence-corrected chi connectivity index (χ0v) is 13.4. The van der Waals surface area contributed by atoms with Crippen molar-refractivity contribution in [1.29, 1.82) is 0 Å². The Hall–Kier alpha value is -2.63. The van der Waals surface area contributed by atoms with Crippen LogP contribution in [0.1, 0.15) is 41.5 Å². The number of aromatic nitrogens is 4. The fourth-order valence-corrected chi connectivity index (χ4v) is 2.67. The van der Waals surface area contributed by atoms with Crippen LogP contribution >= 0.6 is 0 Å². The van der Waals surface area contributed by atoms with Gasteiger partial charge in [-0.05, 0) is 18.1 Å². The Morgan fingerprint density at radius 2 is 2.13 bits per heavy atom. The maximum Gasteiger partial charge on any atom is 0.267 e. The largest absolute Gasteiger partial charge is 0.357 e. The van der Waals surface area contributed by atoms with Crippen molar-refractivity contribution in [3.63, 3.8) is 0 Å². The number of carbonyl (C=O) groups excluding carboxylic acids is 1. The summed E-state index contributed by atoms with van der Waals surface area (Å²) in [5.41, 5.74) is 3.03. The van der Waals surface area contributed by atoms with Gasteiger partial charge in [0.25, 0.3) is 5.91 Å². The van der Waals surface area contributed by atoms with Gasteiger partial charge in [-0.15, -0.1) is 0 Å². The number of aromatic amines is 2. The Morgan fingerprint density at radius 1 is 1.30 bits per heavy atom. The predicted octanol–water partition coefficient (Wildman–Crippen LogP) is 3.86. The zero-order chi connectivity index (χ0) is 16.2. The van der Waals surface area contributed by atoms with Gasteiger partial charge in [-0.25, -0.2) is 9.97 Å². The molecule has 3 aromatic rings. The highest BCUT2D eigenvalue weighted by Gasteiger charge is 2.14. The van der Waals surface area contributed by atoms with E-state index in [0.717, 1.165) is 35.1 Å². The molecule has 0 aliphatic rings. The summed E-state index contributed by atoms with van der Waals surface area (Å²) in [6.07, 6.45) is 7.30. The van der Waals surface area contributed by atoms with Crippen LogP contribution in [0.2, 0.25) is 0 Å². The minimum Gasteiger partial charge on any atom is -0.357 e. The van der Waals surface area contributed by atoms with E-state index in [1.165, 1.54) is 6.33 Å². The molecule has 3 N–H and O–H groups in total. The lowest BCUT2D eigenvalue weighted by atomic mass is 10.0. The van der Waals surface area contributed by atoms with Gasteiger partial charge in [0.05, 0.1) is 5.69 Å². The van der Waals surface area contributed by atoms with Crippen molar-refractivity contribution in [2.75, 3.05) is 6.54 Å². The molecule has 126 valence electrons. The van der Waals surface area contributed by atoms with E-state index in [0.29, 0.717) is 18.2 Å². The van der Waals surface area contributed by atoms with Gasteiger partial charge >= 0.3 is 0 Å². The lowest BCUT2D eigenvalue weighted by Gasteiger charge is -2.12. The van der Waals surface area contributed by atoms with Crippen LogP contribution in [0.25, 0.3) is 22.3 Å². The zero-order valence-electron chi connectivity index (χ0n) is 13.4. The monoisotopic (exact) mass is 317 g/mol. The van der Waals surface area contributed by atoms with Crippen molar-refractivity contribution in [3.05, 3.63) is 36.5 Å². The number of rotatable bonds is 6. The quantitative estimate of drug-likeness (QED) is 0.645. The number of nitrogens with zero attached hydrogens (tertiary/aromatic N) is 2. The van der Waals surface area contributed by atoms with E-state index in [4.69, 9.17) is 0 Å². The summed E-state index contributed by atoms with van der Waals surface area (Å²) < 4.78 is 0. The molecule has 0 spiro atoms. The van der Waals surface area contributed by atoms with Crippen molar-refractivity contribution >= 4 is 16.9 Å². The third kappa shape index (κ3) is 3.11. The highest BCUT2D eigenvalue weighted by Crippen LogP contribution is 2.25. The maximum absolute atomic E-state index is 12.3. The van der Waals surface area contributed by atoms with E-state index in [-0.39, 0.29) is 10.2 Å². The van der Waals surface area contributed by atoms with Crippen LogP contribution in [0, 0.1) is 5.92 Å². The number of fused-ring (bicyclic) bond motifs is 1. The first kappa shape index (κ1) is 15.3. The van der Waals surface area contributed by atoms with Gasteiger partial charge in [0.15, 0.2) is 0 Å². The average molecular weight is 317 g/mol. The Kier molecular flexibility index (Phi) is 4.41. The average Bonchev–Trinajstić information content (AvgIpc) is 3.24. The molecule has 0 aliphatic carbocycles. The first-order valence-electron chi connectivity index (χ1n) is 7.98. The van der Waals surface area contributed by atoms with Crippen LogP contribution in [-0.2, 0) is 0 Å². The summed E-state index contributed by atoms with van der Waals surface area (Å²) >= 11 is 0. The van der Waals surface area contributed by atoms with Crippen molar-refractivity contribution in [1.82, 2.24) is 25.3 Å². The maximum atomic E-state index is 12.3. The lowest BCUT2D eigenvalue weighted by molar-refractivity contribution is 0.0942. The second-order valence-corrected chi connectivity index (χ2v) is 5.66. The Bertz CT molecular complexity index is 813. The van der Waals surface area contributed by atoms with E-state index in [2.05, 4.69) is 39.1 Å². The summed E-state index contributed by atoms with van der Waals surface area (Å²) in [5.74, 6) is 0.442. The molecule has 3 aromatic heterocycles. The number of hydrogen-bond acceptors (Lipinski definition) is 3. The standard InChI is InChI=1S/C17H21N5O.3H2/c1-3-11(4-2)8-20-17(23)14-7-12(9-19-14)15-13-5-6-18-16(13)22-10-21-15;;;/h5-7,9-11,19H,3-4,8H2,1-2H3,(H,20,23)(H,18,21,22);3*1H. The molecule has 0 fully saturated rings. The van der Waals surface area contributed by atoms with Gasteiger partial charge in [-0.3, -0.25) is 4.79 Å². The molecule has 0 radical (unpaired) electrons. The minimum absolute atomic E-state index is 0. The lowest BCUT2D eigenvalue weighted by Crippen LogP contribution is -2.29. The molecule has 23 heavy (non-hydrogen) atoms. The molecule has 0 saturated heterocycles. The smallest absolute Gasteiger partial charge is 0.267 e. The molecule has 3 heterocycles. The molecule has 6 nitrogen and oxygen atoms in total. The van der Waals surface area contributed by atoms with Gasteiger partial charge in [0.2, 0.25) is 0 Å². The number of nitrogens with one attached hydrogen (secondary N) is 3. The van der Waals surface area contributed by atoms with Crippen LogP contribution in [0.4, 0.5) is 0 Å². The second-order valence-electron chi connectivity index (χ2n) is 5.66. The summed E-state index contributed by atoms with van der Waals surface area (Å²) in [4.78, 5) is 26.9. The summed E-state index contributed by atoms with van der Waals surface area (Å²) in [6, 6.07) is 3.77. The third-order valence-corrected chi connectivity index (χ3v) is 4.26.